The van der Waals surface area contributed by atoms with Crippen LogP contribution in [0.1, 0.15) is 25.7 Å². The number of anilines is 2. The summed E-state index contributed by atoms with van der Waals surface area (Å²) in [6.07, 6.45) is 7.86. The Hall–Kier alpha value is -3.39. The number of fused-ring (bicyclic) bond motifs is 2. The average molecular weight is 403 g/mol. The molecule has 0 amide bonds. The van der Waals surface area contributed by atoms with E-state index in [9.17, 15) is 0 Å². The van der Waals surface area contributed by atoms with E-state index < -0.39 is 0 Å². The van der Waals surface area contributed by atoms with Crippen LogP contribution in [0.15, 0.2) is 36.7 Å². The van der Waals surface area contributed by atoms with E-state index in [1.807, 2.05) is 18.2 Å². The monoisotopic (exact) mass is 403 g/mol. The molecule has 1 aliphatic rings. The predicted molar refractivity (Wildman–Crippen MR) is 119 cm³/mol. The van der Waals surface area contributed by atoms with Gasteiger partial charge >= 0.3 is 0 Å². The van der Waals surface area contributed by atoms with Crippen molar-refractivity contribution in [1.29, 1.82) is 0 Å². The number of pyridine rings is 1. The number of nitrogen functional groups attached to an aromatic ring is 1. The summed E-state index contributed by atoms with van der Waals surface area (Å²) in [5.74, 6) is 1.75. The summed E-state index contributed by atoms with van der Waals surface area (Å²) in [5, 5.41) is 5.20. The van der Waals surface area contributed by atoms with Crippen molar-refractivity contribution in [3.63, 3.8) is 0 Å². The Morgan fingerprint density at radius 1 is 1.17 bits per heavy atom. The summed E-state index contributed by atoms with van der Waals surface area (Å²) in [7, 11) is 1.66. The minimum absolute atomic E-state index is 0.112. The Labute approximate surface area is 174 Å². The molecule has 8 nitrogen and oxygen atoms in total. The molecule has 0 bridgehead atoms. The van der Waals surface area contributed by atoms with E-state index in [4.69, 9.17) is 21.2 Å². The molecule has 6 N–H and O–H groups in total. The van der Waals surface area contributed by atoms with Crippen molar-refractivity contribution in [2.45, 2.75) is 37.8 Å². The fourth-order valence-electron chi connectivity index (χ4n) is 4.25. The van der Waals surface area contributed by atoms with Crippen LogP contribution in [0.4, 0.5) is 11.8 Å². The molecule has 1 saturated carbocycles. The molecule has 1 aliphatic carbocycles. The first-order valence-electron chi connectivity index (χ1n) is 10.2. The lowest BCUT2D eigenvalue weighted by Crippen LogP contribution is -2.42. The number of rotatable bonds is 4. The molecule has 1 aromatic carbocycles. The average Bonchev–Trinajstić information content (AvgIpc) is 3.20. The molecule has 0 spiro atoms. The van der Waals surface area contributed by atoms with Gasteiger partial charge in [-0.2, -0.15) is 0 Å². The van der Waals surface area contributed by atoms with Crippen LogP contribution in [0.3, 0.4) is 0 Å². The maximum Gasteiger partial charge on any atom is 0.223 e. The molecule has 0 unspecified atom stereocenters. The molecule has 0 aliphatic heterocycles. The molecule has 154 valence electrons. The van der Waals surface area contributed by atoms with Crippen molar-refractivity contribution in [2.75, 3.05) is 18.2 Å². The zero-order chi connectivity index (χ0) is 20.7. The van der Waals surface area contributed by atoms with Gasteiger partial charge in [0.15, 0.2) is 0 Å². The van der Waals surface area contributed by atoms with Crippen LogP contribution in [0, 0.1) is 0 Å². The number of nitrogens with one attached hydrogen (secondary N) is 2. The molecule has 0 saturated heterocycles. The van der Waals surface area contributed by atoms with Gasteiger partial charge in [-0.05, 0) is 25.0 Å². The lowest BCUT2D eigenvalue weighted by molar-refractivity contribution is 0.402. The number of para-hydroxylation sites is 1. The second kappa shape index (κ2) is 7.46. The Morgan fingerprint density at radius 3 is 2.87 bits per heavy atom. The third-order valence-electron chi connectivity index (χ3n) is 5.91. The van der Waals surface area contributed by atoms with Crippen LogP contribution in [0.5, 0.6) is 5.75 Å². The molecular formula is C22H25N7O. The summed E-state index contributed by atoms with van der Waals surface area (Å²) in [6, 6.07) is 8.29. The fourth-order valence-corrected chi connectivity index (χ4v) is 4.25. The molecule has 30 heavy (non-hydrogen) atoms. The van der Waals surface area contributed by atoms with Crippen molar-refractivity contribution < 1.29 is 4.74 Å². The van der Waals surface area contributed by atoms with E-state index in [1.54, 1.807) is 19.5 Å². The molecule has 0 radical (unpaired) electrons. The van der Waals surface area contributed by atoms with Crippen LogP contribution in [0.2, 0.25) is 0 Å². The Bertz CT molecular complexity index is 1220. The third kappa shape index (κ3) is 3.19. The maximum atomic E-state index is 6.29. The van der Waals surface area contributed by atoms with Gasteiger partial charge in [0.2, 0.25) is 5.95 Å². The molecule has 1 fully saturated rings. The number of hydrogen-bond donors (Lipinski definition) is 4. The minimum atomic E-state index is 0.112. The number of hydrogen-bond acceptors (Lipinski definition) is 7. The normalized spacial score (nSPS) is 19.3. The van der Waals surface area contributed by atoms with Gasteiger partial charge in [0, 0.05) is 35.4 Å². The highest BCUT2D eigenvalue weighted by Crippen LogP contribution is 2.34. The topological polar surface area (TPSA) is 128 Å². The highest BCUT2D eigenvalue weighted by molar-refractivity contribution is 6.00. The van der Waals surface area contributed by atoms with E-state index in [0.29, 0.717) is 11.8 Å². The Morgan fingerprint density at radius 2 is 2.03 bits per heavy atom. The molecule has 5 rings (SSSR count). The van der Waals surface area contributed by atoms with Crippen LogP contribution in [-0.4, -0.2) is 39.1 Å². The van der Waals surface area contributed by atoms with Crippen LogP contribution in [-0.2, 0) is 0 Å². The number of aromatic nitrogens is 4. The first kappa shape index (κ1) is 18.6. The molecule has 8 heteroatoms. The highest BCUT2D eigenvalue weighted by Gasteiger charge is 2.23. The van der Waals surface area contributed by atoms with Gasteiger partial charge in [0.25, 0.3) is 0 Å². The molecule has 3 heterocycles. The number of nitrogens with zero attached hydrogens (tertiary/aromatic N) is 3. The number of ether oxygens (including phenoxy) is 1. The summed E-state index contributed by atoms with van der Waals surface area (Å²) in [4.78, 5) is 17.1. The van der Waals surface area contributed by atoms with Crippen molar-refractivity contribution in [1.82, 2.24) is 19.9 Å². The number of nitrogens with two attached hydrogens (primary N) is 2. The molecule has 2 atom stereocenters. The second-order valence-corrected chi connectivity index (χ2v) is 7.82. The van der Waals surface area contributed by atoms with Crippen LogP contribution >= 0.6 is 0 Å². The van der Waals surface area contributed by atoms with Crippen molar-refractivity contribution in [2.24, 2.45) is 5.73 Å². The van der Waals surface area contributed by atoms with Gasteiger partial charge in [0.1, 0.15) is 11.6 Å². The molecular weight excluding hydrogens is 378 g/mol. The van der Waals surface area contributed by atoms with Crippen LogP contribution in [0.25, 0.3) is 33.1 Å². The van der Waals surface area contributed by atoms with Crippen molar-refractivity contribution in [3.05, 3.63) is 36.7 Å². The number of aromatic amines is 1. The minimum Gasteiger partial charge on any atom is -0.495 e. The summed E-state index contributed by atoms with van der Waals surface area (Å²) in [5.41, 5.74) is 15.8. The van der Waals surface area contributed by atoms with E-state index in [0.717, 1.165) is 58.1 Å². The van der Waals surface area contributed by atoms with Gasteiger partial charge in [-0.15, -0.1) is 0 Å². The smallest absolute Gasteiger partial charge is 0.223 e. The zero-order valence-corrected chi connectivity index (χ0v) is 16.9. The number of benzene rings is 1. The highest BCUT2D eigenvalue weighted by atomic mass is 16.5. The largest absolute Gasteiger partial charge is 0.495 e. The van der Waals surface area contributed by atoms with Gasteiger partial charge in [-0.25, -0.2) is 15.0 Å². The van der Waals surface area contributed by atoms with Gasteiger partial charge in [-0.1, -0.05) is 25.0 Å². The van der Waals surface area contributed by atoms with E-state index in [2.05, 4.69) is 26.3 Å². The molecule has 3 aromatic heterocycles. The second-order valence-electron chi connectivity index (χ2n) is 7.82. The SMILES string of the molecule is COc1cccc2cc(-c3cnc(N)c4cnc(N[C@@H]5CCCC[C@@H]5N)nc34)[nH]c12. The standard InChI is InChI=1S/C22H25N7O/c1-30-18-8-4-5-12-9-17(27-19(12)18)13-10-25-21(24)14-11-26-22(29-20(13)14)28-16-7-3-2-6-15(16)23/h4-5,8-11,15-16,27H,2-3,6-7,23H2,1H3,(H2,24,25)(H,26,28,29)/t15-,16+/m0/s1. The van der Waals surface area contributed by atoms with E-state index >= 15 is 0 Å². The summed E-state index contributed by atoms with van der Waals surface area (Å²) in [6.45, 7) is 0. The van der Waals surface area contributed by atoms with Crippen molar-refractivity contribution in [3.8, 4) is 17.0 Å². The lowest BCUT2D eigenvalue weighted by atomic mass is 9.91. The number of H-pyrrole nitrogens is 1. The Balaban J connectivity index is 1.60. The van der Waals surface area contributed by atoms with Gasteiger partial charge in [0.05, 0.1) is 29.2 Å². The predicted octanol–water partition coefficient (Wildman–Crippen LogP) is 3.45. The first-order valence-corrected chi connectivity index (χ1v) is 10.2. The summed E-state index contributed by atoms with van der Waals surface area (Å²) >= 11 is 0. The zero-order valence-electron chi connectivity index (χ0n) is 16.9. The van der Waals surface area contributed by atoms with E-state index in [1.165, 1.54) is 6.42 Å². The number of methoxy groups -OCH3 is 1. The fraction of sp³-hybridized carbons (Fsp3) is 0.318. The van der Waals surface area contributed by atoms with Crippen molar-refractivity contribution >= 4 is 33.6 Å². The van der Waals surface area contributed by atoms with Gasteiger partial charge < -0.3 is 26.5 Å². The quantitative estimate of drug-likeness (QED) is 0.411. The van der Waals surface area contributed by atoms with E-state index in [-0.39, 0.29) is 12.1 Å². The first-order chi connectivity index (χ1) is 14.6. The van der Waals surface area contributed by atoms with Gasteiger partial charge in [-0.3, -0.25) is 0 Å². The maximum absolute atomic E-state index is 6.29. The lowest BCUT2D eigenvalue weighted by Gasteiger charge is -2.29. The van der Waals surface area contributed by atoms with Crippen LogP contribution < -0.4 is 21.5 Å². The molecule has 4 aromatic rings. The Kier molecular flexibility index (Phi) is 4.63. The third-order valence-corrected chi connectivity index (χ3v) is 5.91. The summed E-state index contributed by atoms with van der Waals surface area (Å²) < 4.78 is 5.48.